The highest BCUT2D eigenvalue weighted by molar-refractivity contribution is 5.81. The third-order valence-corrected chi connectivity index (χ3v) is 4.15. The molecule has 3 nitrogen and oxygen atoms in total. The lowest BCUT2D eigenvalue weighted by Gasteiger charge is -2.24. The molecule has 1 fully saturated rings. The number of hydrogen-bond acceptors (Lipinski definition) is 2. The summed E-state index contributed by atoms with van der Waals surface area (Å²) in [7, 11) is 0. The average Bonchev–Trinajstić information content (AvgIpc) is 2.92. The van der Waals surface area contributed by atoms with Gasteiger partial charge in [0.25, 0.3) is 0 Å². The lowest BCUT2D eigenvalue weighted by molar-refractivity contribution is -0.125. The molecule has 0 amide bonds. The van der Waals surface area contributed by atoms with Crippen LogP contribution in [0.1, 0.15) is 31.9 Å². The van der Waals surface area contributed by atoms with Crippen molar-refractivity contribution in [3.05, 3.63) is 48.3 Å². The molecule has 0 radical (unpaired) electrons. The molecule has 2 unspecified atom stereocenters. The lowest BCUT2D eigenvalue weighted by Crippen LogP contribution is -2.25. The van der Waals surface area contributed by atoms with Gasteiger partial charge in [0.15, 0.2) is 0 Å². The van der Waals surface area contributed by atoms with Crippen LogP contribution in [0.4, 0.5) is 0 Å². The van der Waals surface area contributed by atoms with Crippen LogP contribution in [0.3, 0.4) is 0 Å². The van der Waals surface area contributed by atoms with Crippen molar-refractivity contribution < 1.29 is 4.79 Å². The van der Waals surface area contributed by atoms with Gasteiger partial charge >= 0.3 is 0 Å². The summed E-state index contributed by atoms with van der Waals surface area (Å²) in [4.78, 5) is 12.0. The minimum atomic E-state index is 0.165. The maximum absolute atomic E-state index is 12.0. The molecule has 3 rings (SSSR count). The fourth-order valence-corrected chi connectivity index (χ4v) is 2.97. The third-order valence-electron chi connectivity index (χ3n) is 4.15. The van der Waals surface area contributed by atoms with Gasteiger partial charge in [-0.25, -0.2) is 4.68 Å². The first-order valence-corrected chi connectivity index (χ1v) is 7.35. The zero-order chi connectivity index (χ0) is 13.9. The highest BCUT2D eigenvalue weighted by Gasteiger charge is 2.27. The van der Waals surface area contributed by atoms with Crippen LogP contribution < -0.4 is 0 Å². The van der Waals surface area contributed by atoms with E-state index < -0.39 is 0 Å². The fraction of sp³-hybridized carbons (Fsp3) is 0.412. The molecule has 0 N–H and O–H groups in total. The van der Waals surface area contributed by atoms with Crippen LogP contribution >= 0.6 is 0 Å². The summed E-state index contributed by atoms with van der Waals surface area (Å²) < 4.78 is 1.88. The fourth-order valence-electron chi connectivity index (χ4n) is 2.97. The molecule has 0 bridgehead atoms. The number of ketones is 1. The van der Waals surface area contributed by atoms with Gasteiger partial charge in [-0.05, 0) is 37.0 Å². The third kappa shape index (κ3) is 2.82. The number of para-hydroxylation sites is 1. The Kier molecular flexibility index (Phi) is 3.68. The largest absolute Gasteiger partial charge is 0.299 e. The molecule has 1 saturated carbocycles. The number of hydrogen-bond donors (Lipinski definition) is 0. The Bertz CT molecular complexity index is 588. The number of rotatable bonds is 3. The monoisotopic (exact) mass is 268 g/mol. The van der Waals surface area contributed by atoms with Gasteiger partial charge in [0.05, 0.1) is 11.4 Å². The van der Waals surface area contributed by atoms with Crippen molar-refractivity contribution in [1.82, 2.24) is 9.78 Å². The van der Waals surface area contributed by atoms with Gasteiger partial charge in [-0.2, -0.15) is 5.10 Å². The predicted molar refractivity (Wildman–Crippen MR) is 78.8 cm³/mol. The molecule has 1 aromatic heterocycles. The Morgan fingerprint density at radius 3 is 2.85 bits per heavy atom. The highest BCUT2D eigenvalue weighted by Crippen LogP contribution is 2.28. The van der Waals surface area contributed by atoms with E-state index in [4.69, 9.17) is 0 Å². The summed E-state index contributed by atoms with van der Waals surface area (Å²) in [5.41, 5.74) is 2.07. The van der Waals surface area contributed by atoms with Crippen molar-refractivity contribution in [1.29, 1.82) is 0 Å². The average molecular weight is 268 g/mol. The normalized spacial score (nSPS) is 22.9. The van der Waals surface area contributed by atoms with Crippen LogP contribution in [0.5, 0.6) is 0 Å². The highest BCUT2D eigenvalue weighted by atomic mass is 16.1. The molecular formula is C17H20N2O. The van der Waals surface area contributed by atoms with Gasteiger partial charge in [-0.3, -0.25) is 4.79 Å². The number of nitrogens with zero attached hydrogens (tertiary/aromatic N) is 2. The van der Waals surface area contributed by atoms with Crippen LogP contribution in [0.25, 0.3) is 5.69 Å². The minimum absolute atomic E-state index is 0.165. The predicted octanol–water partition coefficient (Wildman–Crippen LogP) is 3.42. The molecular weight excluding hydrogens is 248 g/mol. The Morgan fingerprint density at radius 2 is 2.05 bits per heavy atom. The second kappa shape index (κ2) is 5.61. The lowest BCUT2D eigenvalue weighted by atomic mass is 9.79. The molecule has 0 spiro atoms. The van der Waals surface area contributed by atoms with E-state index in [1.807, 2.05) is 47.3 Å². The second-order valence-corrected chi connectivity index (χ2v) is 5.83. The topological polar surface area (TPSA) is 34.9 Å². The van der Waals surface area contributed by atoms with Crippen LogP contribution in [0.15, 0.2) is 42.6 Å². The smallest absolute Gasteiger partial charge is 0.136 e. The second-order valence-electron chi connectivity index (χ2n) is 5.83. The molecule has 1 heterocycles. The molecule has 1 aliphatic carbocycles. The van der Waals surface area contributed by atoms with Crippen molar-refractivity contribution in [3.8, 4) is 5.69 Å². The van der Waals surface area contributed by atoms with Gasteiger partial charge in [0.1, 0.15) is 5.78 Å². The first-order chi connectivity index (χ1) is 9.72. The molecule has 3 heteroatoms. The summed E-state index contributed by atoms with van der Waals surface area (Å²) in [6, 6.07) is 12.1. The van der Waals surface area contributed by atoms with Crippen LogP contribution in [-0.2, 0) is 11.2 Å². The molecule has 0 saturated heterocycles. The standard InChI is InChI=1S/C17H20N2O/c1-13-7-8-17(20)14(11-13)12-15-9-10-19(18-15)16-5-3-2-4-6-16/h2-6,9-10,13-14H,7-8,11-12H2,1H3. The quantitative estimate of drug-likeness (QED) is 0.855. The SMILES string of the molecule is CC1CCC(=O)C(Cc2ccn(-c3ccccc3)n2)C1. The zero-order valence-electron chi connectivity index (χ0n) is 11.8. The Labute approximate surface area is 119 Å². The molecule has 1 aliphatic rings. The van der Waals surface area contributed by atoms with Crippen molar-refractivity contribution in [2.45, 2.75) is 32.6 Å². The molecule has 1 aromatic carbocycles. The van der Waals surface area contributed by atoms with Gasteiger partial charge in [0, 0.05) is 25.0 Å². The molecule has 2 aromatic rings. The summed E-state index contributed by atoms with van der Waals surface area (Å²) >= 11 is 0. The summed E-state index contributed by atoms with van der Waals surface area (Å²) in [5.74, 6) is 1.24. The van der Waals surface area contributed by atoms with E-state index in [1.165, 1.54) is 0 Å². The Balaban J connectivity index is 1.73. The van der Waals surface area contributed by atoms with E-state index in [0.717, 1.165) is 37.1 Å². The first-order valence-electron chi connectivity index (χ1n) is 7.35. The van der Waals surface area contributed by atoms with Crippen molar-refractivity contribution in [2.75, 3.05) is 0 Å². The van der Waals surface area contributed by atoms with Crippen molar-refractivity contribution >= 4 is 5.78 Å². The maximum Gasteiger partial charge on any atom is 0.136 e. The number of carbonyl (C=O) groups is 1. The molecule has 104 valence electrons. The Morgan fingerprint density at radius 1 is 1.25 bits per heavy atom. The van der Waals surface area contributed by atoms with E-state index in [0.29, 0.717) is 11.7 Å². The summed E-state index contributed by atoms with van der Waals surface area (Å²) in [5, 5.41) is 4.60. The van der Waals surface area contributed by atoms with Crippen molar-refractivity contribution in [2.24, 2.45) is 11.8 Å². The molecule has 20 heavy (non-hydrogen) atoms. The number of Topliss-reactive ketones (excluding diaryl/α,β-unsaturated/α-hetero) is 1. The first kappa shape index (κ1) is 13.1. The number of aromatic nitrogens is 2. The van der Waals surface area contributed by atoms with Gasteiger partial charge in [0.2, 0.25) is 0 Å². The summed E-state index contributed by atoms with van der Waals surface area (Å²) in [6.45, 7) is 2.24. The number of benzene rings is 1. The zero-order valence-corrected chi connectivity index (χ0v) is 11.8. The van der Waals surface area contributed by atoms with Crippen LogP contribution in [0, 0.1) is 11.8 Å². The van der Waals surface area contributed by atoms with Crippen LogP contribution in [-0.4, -0.2) is 15.6 Å². The molecule has 2 atom stereocenters. The van der Waals surface area contributed by atoms with Crippen LogP contribution in [0.2, 0.25) is 0 Å². The van der Waals surface area contributed by atoms with Gasteiger partial charge in [-0.15, -0.1) is 0 Å². The van der Waals surface area contributed by atoms with E-state index in [2.05, 4.69) is 12.0 Å². The van der Waals surface area contributed by atoms with E-state index in [1.54, 1.807) is 0 Å². The van der Waals surface area contributed by atoms with Crippen molar-refractivity contribution in [3.63, 3.8) is 0 Å². The minimum Gasteiger partial charge on any atom is -0.299 e. The van der Waals surface area contributed by atoms with Gasteiger partial charge in [-0.1, -0.05) is 25.1 Å². The number of carbonyl (C=O) groups excluding carboxylic acids is 1. The van der Waals surface area contributed by atoms with E-state index >= 15 is 0 Å². The summed E-state index contributed by atoms with van der Waals surface area (Å²) in [6.07, 6.45) is 5.56. The maximum atomic E-state index is 12.0. The molecule has 0 aliphatic heterocycles. The van der Waals surface area contributed by atoms with Gasteiger partial charge < -0.3 is 0 Å². The van der Waals surface area contributed by atoms with E-state index in [-0.39, 0.29) is 5.92 Å². The van der Waals surface area contributed by atoms with E-state index in [9.17, 15) is 4.79 Å². The Hall–Kier alpha value is -1.90.